The summed E-state index contributed by atoms with van der Waals surface area (Å²) in [5.74, 6) is -0.984. The van der Waals surface area contributed by atoms with E-state index in [1.54, 1.807) is 38.3 Å². The molecule has 12 nitrogen and oxygen atoms in total. The van der Waals surface area contributed by atoms with Gasteiger partial charge in [-0.1, -0.05) is 42.5 Å². The lowest BCUT2D eigenvalue weighted by Crippen LogP contribution is -2.43. The Labute approximate surface area is 248 Å². The highest BCUT2D eigenvalue weighted by Crippen LogP contribution is 2.24. The summed E-state index contributed by atoms with van der Waals surface area (Å²) in [5.41, 5.74) is 1.47. The maximum absolute atomic E-state index is 12.9. The van der Waals surface area contributed by atoms with E-state index >= 15 is 0 Å². The molecule has 226 valence electrons. The van der Waals surface area contributed by atoms with Gasteiger partial charge >= 0.3 is 22.4 Å². The van der Waals surface area contributed by atoms with Crippen LogP contribution in [0.3, 0.4) is 0 Å². The fraction of sp³-hybridized carbons (Fsp3) is 0.357. The number of ether oxygens (including phenoxy) is 2. The van der Waals surface area contributed by atoms with Gasteiger partial charge in [0, 0.05) is 11.8 Å². The van der Waals surface area contributed by atoms with E-state index in [9.17, 15) is 22.8 Å². The molecular formula is C28H34N4O8S2. The lowest BCUT2D eigenvalue weighted by molar-refractivity contribution is -0.145. The van der Waals surface area contributed by atoms with Crippen molar-refractivity contribution in [3.8, 4) is 0 Å². The zero-order chi connectivity index (χ0) is 30.9. The number of amides is 2. The molecule has 0 aliphatic carbocycles. The topological polar surface area (TPSA) is 173 Å². The smallest absolute Gasteiger partial charge is 0.408 e. The lowest BCUT2D eigenvalue weighted by Gasteiger charge is -2.23. The number of hydrogen-bond acceptors (Lipinski definition) is 9. The number of thiazole rings is 1. The summed E-state index contributed by atoms with van der Waals surface area (Å²) in [6.45, 7) is 5.21. The van der Waals surface area contributed by atoms with Crippen molar-refractivity contribution in [1.29, 1.82) is 0 Å². The number of anilines is 1. The van der Waals surface area contributed by atoms with Gasteiger partial charge in [-0.25, -0.2) is 14.6 Å². The van der Waals surface area contributed by atoms with Crippen molar-refractivity contribution >= 4 is 45.3 Å². The van der Waals surface area contributed by atoms with Crippen molar-refractivity contribution < 1.29 is 36.8 Å². The highest BCUT2D eigenvalue weighted by Gasteiger charge is 2.25. The fourth-order valence-electron chi connectivity index (χ4n) is 3.90. The Morgan fingerprint density at radius 2 is 1.62 bits per heavy atom. The molecule has 0 radical (unpaired) electrons. The number of benzene rings is 2. The molecule has 0 bridgehead atoms. The Bertz CT molecular complexity index is 1470. The Morgan fingerprint density at radius 3 is 2.21 bits per heavy atom. The van der Waals surface area contributed by atoms with Crippen LogP contribution in [-0.4, -0.2) is 54.7 Å². The summed E-state index contributed by atoms with van der Waals surface area (Å²) in [6.07, 6.45) is -0.226. The average Bonchev–Trinajstić information content (AvgIpc) is 3.35. The van der Waals surface area contributed by atoms with E-state index in [1.165, 1.54) is 30.6 Å². The number of methoxy groups -OCH3 is 1. The molecule has 0 aliphatic rings. The molecule has 4 N–H and O–H groups in total. The predicted molar refractivity (Wildman–Crippen MR) is 157 cm³/mol. The van der Waals surface area contributed by atoms with E-state index < -0.39 is 46.0 Å². The van der Waals surface area contributed by atoms with Crippen molar-refractivity contribution in [3.63, 3.8) is 0 Å². The normalized spacial score (nSPS) is 13.0. The van der Waals surface area contributed by atoms with Gasteiger partial charge in [-0.05, 0) is 50.5 Å². The maximum Gasteiger partial charge on any atom is 0.408 e. The standard InChI is InChI=1S/C28H34N4O8S2/c1-28(2,3)40-27(35)31-22(14-19-10-12-20(13-11-19)32-42(36,37)38)25-29-21(17-41-25)16-24(33)30-23(26(34)39-4)15-18-8-6-5-7-9-18/h5-13,17,22-23,32H,14-16H2,1-4H3,(H,30,33)(H,31,35)(H,36,37,38)/t22-,23-/m0/s1. The van der Waals surface area contributed by atoms with Gasteiger partial charge in [0.25, 0.3) is 0 Å². The molecule has 3 aromatic rings. The number of nitrogens with zero attached hydrogens (tertiary/aromatic N) is 1. The van der Waals surface area contributed by atoms with Crippen LogP contribution in [0.15, 0.2) is 60.0 Å². The summed E-state index contributed by atoms with van der Waals surface area (Å²) < 4.78 is 43.4. The number of nitrogens with one attached hydrogen (secondary N) is 3. The zero-order valence-corrected chi connectivity index (χ0v) is 25.3. The molecule has 0 spiro atoms. The van der Waals surface area contributed by atoms with Crippen LogP contribution in [0.1, 0.15) is 48.6 Å². The van der Waals surface area contributed by atoms with Crippen LogP contribution in [-0.2, 0) is 48.6 Å². The summed E-state index contributed by atoms with van der Waals surface area (Å²) in [7, 11) is -3.16. The second-order valence-corrected chi connectivity index (χ2v) is 12.4. The largest absolute Gasteiger partial charge is 0.467 e. The average molecular weight is 619 g/mol. The highest BCUT2D eigenvalue weighted by atomic mass is 32.2. The molecule has 0 saturated heterocycles. The Hall–Kier alpha value is -4.01. The molecular weight excluding hydrogens is 584 g/mol. The van der Waals surface area contributed by atoms with Crippen molar-refractivity contribution in [3.05, 3.63) is 81.8 Å². The van der Waals surface area contributed by atoms with E-state index in [1.807, 2.05) is 35.1 Å². The Morgan fingerprint density at radius 1 is 0.976 bits per heavy atom. The van der Waals surface area contributed by atoms with E-state index in [-0.39, 0.29) is 24.9 Å². The molecule has 2 aromatic carbocycles. The van der Waals surface area contributed by atoms with E-state index in [4.69, 9.17) is 14.0 Å². The second kappa shape index (κ2) is 14.2. The summed E-state index contributed by atoms with van der Waals surface area (Å²) in [6, 6.07) is 14.0. The van der Waals surface area contributed by atoms with Crippen LogP contribution in [0.5, 0.6) is 0 Å². The number of aromatic nitrogens is 1. The van der Waals surface area contributed by atoms with Crippen LogP contribution >= 0.6 is 11.3 Å². The number of alkyl carbamates (subject to hydrolysis) is 1. The van der Waals surface area contributed by atoms with Crippen LogP contribution in [0, 0.1) is 0 Å². The fourth-order valence-corrected chi connectivity index (χ4v) is 5.21. The highest BCUT2D eigenvalue weighted by molar-refractivity contribution is 7.87. The quantitative estimate of drug-likeness (QED) is 0.175. The summed E-state index contributed by atoms with van der Waals surface area (Å²) >= 11 is 1.24. The monoisotopic (exact) mass is 618 g/mol. The minimum absolute atomic E-state index is 0.103. The zero-order valence-electron chi connectivity index (χ0n) is 23.6. The Kier molecular flexibility index (Phi) is 11.0. The lowest BCUT2D eigenvalue weighted by atomic mass is 10.1. The molecule has 14 heteroatoms. The molecule has 42 heavy (non-hydrogen) atoms. The van der Waals surface area contributed by atoms with Crippen LogP contribution in [0.25, 0.3) is 0 Å². The van der Waals surface area contributed by atoms with Crippen LogP contribution in [0.2, 0.25) is 0 Å². The second-order valence-electron chi connectivity index (χ2n) is 10.4. The summed E-state index contributed by atoms with van der Waals surface area (Å²) in [5, 5.41) is 7.74. The molecule has 0 unspecified atom stereocenters. The number of carbonyl (C=O) groups excluding carboxylic acids is 3. The van der Waals surface area contributed by atoms with Gasteiger partial charge in [-0.3, -0.25) is 14.1 Å². The van der Waals surface area contributed by atoms with Gasteiger partial charge in [0.2, 0.25) is 5.91 Å². The molecule has 1 aromatic heterocycles. The third-order valence-corrected chi connectivity index (χ3v) is 7.15. The SMILES string of the molecule is COC(=O)[C@H](Cc1ccccc1)NC(=O)Cc1csc([C@H](Cc2ccc(NS(=O)(=O)O)cc2)NC(=O)OC(C)(C)C)n1. The number of rotatable bonds is 12. The molecule has 0 fully saturated rings. The minimum Gasteiger partial charge on any atom is -0.467 e. The number of carbonyl (C=O) groups is 3. The van der Waals surface area contributed by atoms with Crippen molar-refractivity contribution in [1.82, 2.24) is 15.6 Å². The van der Waals surface area contributed by atoms with Crippen LogP contribution < -0.4 is 15.4 Å². The van der Waals surface area contributed by atoms with Crippen molar-refractivity contribution in [2.75, 3.05) is 11.8 Å². The molecule has 0 saturated carbocycles. The van der Waals surface area contributed by atoms with Gasteiger partial charge in [-0.2, -0.15) is 8.42 Å². The van der Waals surface area contributed by atoms with Gasteiger partial charge in [0.05, 0.1) is 31.0 Å². The first-order valence-corrected chi connectivity index (χ1v) is 15.2. The van der Waals surface area contributed by atoms with Crippen molar-refractivity contribution in [2.24, 2.45) is 0 Å². The maximum atomic E-state index is 12.9. The van der Waals surface area contributed by atoms with E-state index in [0.717, 1.165) is 11.1 Å². The van der Waals surface area contributed by atoms with E-state index in [2.05, 4.69) is 15.6 Å². The summed E-state index contributed by atoms with van der Waals surface area (Å²) in [4.78, 5) is 42.4. The van der Waals surface area contributed by atoms with Gasteiger partial charge in [0.1, 0.15) is 16.7 Å². The third kappa shape index (κ3) is 11.1. The minimum atomic E-state index is -4.42. The van der Waals surface area contributed by atoms with E-state index in [0.29, 0.717) is 10.7 Å². The molecule has 2 amide bonds. The van der Waals surface area contributed by atoms with Gasteiger partial charge in [0.15, 0.2) is 0 Å². The molecule has 3 rings (SSSR count). The predicted octanol–water partition coefficient (Wildman–Crippen LogP) is 3.61. The first kappa shape index (κ1) is 32.5. The first-order valence-electron chi connectivity index (χ1n) is 12.9. The first-order chi connectivity index (χ1) is 19.7. The number of esters is 1. The Balaban J connectivity index is 1.74. The third-order valence-electron chi connectivity index (χ3n) is 5.64. The van der Waals surface area contributed by atoms with Gasteiger partial charge in [-0.15, -0.1) is 11.3 Å². The van der Waals surface area contributed by atoms with Gasteiger partial charge < -0.3 is 20.1 Å². The number of hydrogen-bond donors (Lipinski definition) is 4. The molecule has 0 aliphatic heterocycles. The van der Waals surface area contributed by atoms with Crippen molar-refractivity contribution in [2.45, 2.75) is 57.7 Å². The van der Waals surface area contributed by atoms with Crippen LogP contribution in [0.4, 0.5) is 10.5 Å². The molecule has 1 heterocycles. The molecule has 2 atom stereocenters.